The normalized spacial score (nSPS) is 24.7. The molecule has 2 aliphatic rings. The van der Waals surface area contributed by atoms with Crippen molar-refractivity contribution in [3.8, 4) is 16.3 Å². The number of aromatic nitrogens is 1. The van der Waals surface area contributed by atoms with Crippen molar-refractivity contribution in [2.24, 2.45) is 11.8 Å². The third kappa shape index (κ3) is 3.12. The number of nitrogens with zero attached hydrogens (tertiary/aromatic N) is 2. The van der Waals surface area contributed by atoms with Crippen LogP contribution in [0.5, 0.6) is 5.75 Å². The molecule has 2 heterocycles. The van der Waals surface area contributed by atoms with Gasteiger partial charge in [-0.1, -0.05) is 0 Å². The van der Waals surface area contributed by atoms with Gasteiger partial charge >= 0.3 is 0 Å². The van der Waals surface area contributed by atoms with Crippen LogP contribution >= 0.6 is 11.3 Å². The molecule has 0 unspecified atom stereocenters. The Morgan fingerprint density at radius 2 is 2.08 bits per heavy atom. The van der Waals surface area contributed by atoms with E-state index in [2.05, 4.69) is 4.98 Å². The van der Waals surface area contributed by atoms with Gasteiger partial charge in [0.15, 0.2) is 0 Å². The van der Waals surface area contributed by atoms with E-state index in [-0.39, 0.29) is 17.9 Å². The molecule has 4 rings (SSSR count). The Balaban J connectivity index is 1.52. The fraction of sp³-hybridized carbons (Fsp3) is 0.500. The van der Waals surface area contributed by atoms with Gasteiger partial charge in [0.2, 0.25) is 0 Å². The largest absolute Gasteiger partial charge is 0.494 e. The van der Waals surface area contributed by atoms with E-state index in [9.17, 15) is 9.90 Å². The van der Waals surface area contributed by atoms with Gasteiger partial charge in [0, 0.05) is 24.6 Å². The summed E-state index contributed by atoms with van der Waals surface area (Å²) in [5.74, 6) is 1.59. The summed E-state index contributed by atoms with van der Waals surface area (Å²) in [6.07, 6.45) is 1.65. The van der Waals surface area contributed by atoms with Crippen LogP contribution in [0.2, 0.25) is 0 Å². The molecule has 0 bridgehead atoms. The molecule has 1 N–H and O–H groups in total. The summed E-state index contributed by atoms with van der Waals surface area (Å²) < 4.78 is 5.48. The highest BCUT2D eigenvalue weighted by Gasteiger charge is 2.43. The smallest absolute Gasteiger partial charge is 0.265 e. The molecule has 2 fully saturated rings. The van der Waals surface area contributed by atoms with Crippen LogP contribution in [-0.2, 0) is 0 Å². The van der Waals surface area contributed by atoms with Gasteiger partial charge in [-0.15, -0.1) is 11.3 Å². The number of ether oxygens (including phenoxy) is 1. The zero-order valence-corrected chi connectivity index (χ0v) is 16.0. The minimum atomic E-state index is -0.250. The molecule has 1 aliphatic heterocycles. The number of likely N-dealkylation sites (tertiary alicyclic amines) is 1. The first-order chi connectivity index (χ1) is 12.6. The molecular formula is C20H24N2O3S. The van der Waals surface area contributed by atoms with Crippen LogP contribution < -0.4 is 4.74 Å². The third-order valence-electron chi connectivity index (χ3n) is 5.51. The second-order valence-electron chi connectivity index (χ2n) is 7.17. The molecule has 1 aromatic carbocycles. The fourth-order valence-electron chi connectivity index (χ4n) is 4.12. The summed E-state index contributed by atoms with van der Waals surface area (Å²) >= 11 is 1.45. The molecule has 0 radical (unpaired) electrons. The predicted molar refractivity (Wildman–Crippen MR) is 102 cm³/mol. The Morgan fingerprint density at radius 1 is 1.31 bits per heavy atom. The highest BCUT2D eigenvalue weighted by atomic mass is 32.1. The fourth-order valence-corrected chi connectivity index (χ4v) is 5.16. The van der Waals surface area contributed by atoms with Crippen LogP contribution in [0.15, 0.2) is 24.3 Å². The average Bonchev–Trinajstić information content (AvgIpc) is 3.32. The first kappa shape index (κ1) is 17.5. The summed E-state index contributed by atoms with van der Waals surface area (Å²) in [5.41, 5.74) is 1.77. The summed E-state index contributed by atoms with van der Waals surface area (Å²) in [6.45, 7) is 5.92. The number of carbonyl (C=O) groups is 1. The molecule has 0 spiro atoms. The van der Waals surface area contributed by atoms with Crippen molar-refractivity contribution >= 4 is 17.2 Å². The molecule has 138 valence electrons. The lowest BCUT2D eigenvalue weighted by atomic mass is 10.00. The Morgan fingerprint density at radius 3 is 2.77 bits per heavy atom. The molecule has 1 saturated carbocycles. The third-order valence-corrected chi connectivity index (χ3v) is 6.70. The van der Waals surface area contributed by atoms with E-state index in [1.807, 2.05) is 43.0 Å². The van der Waals surface area contributed by atoms with Gasteiger partial charge in [-0.25, -0.2) is 4.98 Å². The van der Waals surface area contributed by atoms with Crippen molar-refractivity contribution < 1.29 is 14.6 Å². The predicted octanol–water partition coefficient (Wildman–Crippen LogP) is 3.36. The van der Waals surface area contributed by atoms with E-state index in [1.54, 1.807) is 0 Å². The van der Waals surface area contributed by atoms with E-state index in [4.69, 9.17) is 4.74 Å². The standard InChI is InChI=1S/C20H24N2O3S/c1-3-25-15-7-4-13(5-8-15)19-21-12(2)18(26-19)20(24)22-10-14-6-9-17(23)16(14)11-22/h4-5,7-8,14,16-17,23H,3,6,9-11H2,1-2H3/t14-,16+,17+/m0/s1. The first-order valence-electron chi connectivity index (χ1n) is 9.24. The molecule has 3 atom stereocenters. The van der Waals surface area contributed by atoms with Crippen molar-refractivity contribution in [1.82, 2.24) is 9.88 Å². The number of aryl methyl sites for hydroxylation is 1. The lowest BCUT2D eigenvalue weighted by Crippen LogP contribution is -2.30. The number of aliphatic hydroxyl groups excluding tert-OH is 1. The average molecular weight is 372 g/mol. The Labute approximate surface area is 157 Å². The van der Waals surface area contributed by atoms with E-state index in [0.717, 1.165) is 41.4 Å². The Bertz CT molecular complexity index is 802. The number of carbonyl (C=O) groups excluding carboxylic acids is 1. The zero-order chi connectivity index (χ0) is 18.3. The SMILES string of the molecule is CCOc1ccc(-c2nc(C)c(C(=O)N3C[C@@H]4CC[C@@H](O)[C@@H]4C3)s2)cc1. The van der Waals surface area contributed by atoms with Gasteiger partial charge in [-0.2, -0.15) is 0 Å². The van der Waals surface area contributed by atoms with E-state index in [0.29, 0.717) is 23.9 Å². The topological polar surface area (TPSA) is 62.7 Å². The van der Waals surface area contributed by atoms with Crippen LogP contribution in [0.3, 0.4) is 0 Å². The van der Waals surface area contributed by atoms with Crippen molar-refractivity contribution in [2.45, 2.75) is 32.8 Å². The number of hydrogen-bond acceptors (Lipinski definition) is 5. The van der Waals surface area contributed by atoms with Crippen molar-refractivity contribution in [3.05, 3.63) is 34.8 Å². The second kappa shape index (κ2) is 7.00. The summed E-state index contributed by atoms with van der Waals surface area (Å²) in [7, 11) is 0. The Kier molecular flexibility index (Phi) is 4.71. The van der Waals surface area contributed by atoms with Crippen LogP contribution in [0, 0.1) is 18.8 Å². The monoisotopic (exact) mass is 372 g/mol. The minimum absolute atomic E-state index is 0.0544. The molecule has 6 heteroatoms. The summed E-state index contributed by atoms with van der Waals surface area (Å²) in [6, 6.07) is 7.82. The second-order valence-corrected chi connectivity index (χ2v) is 8.17. The van der Waals surface area contributed by atoms with E-state index in [1.165, 1.54) is 11.3 Å². The van der Waals surface area contributed by atoms with Gasteiger partial charge in [-0.05, 0) is 56.9 Å². The number of fused-ring (bicyclic) bond motifs is 1. The lowest BCUT2D eigenvalue weighted by molar-refractivity contribution is 0.0756. The molecule has 1 aromatic heterocycles. The molecule has 1 saturated heterocycles. The highest BCUT2D eigenvalue weighted by molar-refractivity contribution is 7.17. The number of hydrogen-bond donors (Lipinski definition) is 1. The van der Waals surface area contributed by atoms with Crippen LogP contribution in [0.25, 0.3) is 10.6 Å². The molecule has 1 amide bonds. The molecular weight excluding hydrogens is 348 g/mol. The number of benzene rings is 1. The quantitative estimate of drug-likeness (QED) is 0.894. The van der Waals surface area contributed by atoms with Gasteiger partial charge in [0.25, 0.3) is 5.91 Å². The van der Waals surface area contributed by atoms with Crippen LogP contribution in [0.1, 0.15) is 35.1 Å². The van der Waals surface area contributed by atoms with Crippen molar-refractivity contribution in [2.75, 3.05) is 19.7 Å². The van der Waals surface area contributed by atoms with Crippen molar-refractivity contribution in [1.29, 1.82) is 0 Å². The number of aliphatic hydroxyl groups is 1. The minimum Gasteiger partial charge on any atom is -0.494 e. The van der Waals surface area contributed by atoms with Gasteiger partial charge < -0.3 is 14.7 Å². The van der Waals surface area contributed by atoms with Gasteiger partial charge in [0.1, 0.15) is 15.6 Å². The summed E-state index contributed by atoms with van der Waals surface area (Å²) in [5, 5.41) is 10.9. The van der Waals surface area contributed by atoms with E-state index >= 15 is 0 Å². The maximum atomic E-state index is 13.0. The maximum absolute atomic E-state index is 13.0. The summed E-state index contributed by atoms with van der Waals surface area (Å²) in [4.78, 5) is 20.2. The molecule has 1 aliphatic carbocycles. The van der Waals surface area contributed by atoms with Crippen molar-refractivity contribution in [3.63, 3.8) is 0 Å². The van der Waals surface area contributed by atoms with E-state index < -0.39 is 0 Å². The molecule has 26 heavy (non-hydrogen) atoms. The maximum Gasteiger partial charge on any atom is 0.265 e. The number of thiazole rings is 1. The molecule has 2 aromatic rings. The highest BCUT2D eigenvalue weighted by Crippen LogP contribution is 2.39. The van der Waals surface area contributed by atoms with Crippen LogP contribution in [0.4, 0.5) is 0 Å². The Hall–Kier alpha value is -1.92. The lowest BCUT2D eigenvalue weighted by Gasteiger charge is -2.17. The van der Waals surface area contributed by atoms with Gasteiger partial charge in [0.05, 0.1) is 18.4 Å². The van der Waals surface area contributed by atoms with Gasteiger partial charge in [-0.3, -0.25) is 4.79 Å². The number of amides is 1. The number of rotatable bonds is 4. The van der Waals surface area contributed by atoms with Crippen LogP contribution in [-0.4, -0.2) is 46.7 Å². The zero-order valence-electron chi connectivity index (χ0n) is 15.1. The molecule has 5 nitrogen and oxygen atoms in total. The first-order valence-corrected chi connectivity index (χ1v) is 10.1.